The predicted octanol–water partition coefficient (Wildman–Crippen LogP) is 2.15. The Morgan fingerprint density at radius 1 is 1.00 bits per heavy atom. The third kappa shape index (κ3) is 6.89. The molecule has 3 N–H and O–H groups in total. The molecular weight excluding hydrogens is 351 g/mol. The zero-order valence-corrected chi connectivity index (χ0v) is 14.7. The molecule has 0 aliphatic carbocycles. The van der Waals surface area contributed by atoms with Crippen LogP contribution in [-0.2, 0) is 16.0 Å². The Bertz CT molecular complexity index is 778. The summed E-state index contributed by atoms with van der Waals surface area (Å²) >= 11 is 0. The SMILES string of the molecule is O=C(CCCNC(=O)c1ccc(F)cc1)N[C@@H](Cc1ccccc1)C(=O)O. The number of hydrogen-bond donors (Lipinski definition) is 3. The largest absolute Gasteiger partial charge is 0.480 e. The number of carboxylic acids is 1. The topological polar surface area (TPSA) is 95.5 Å². The molecule has 27 heavy (non-hydrogen) atoms. The van der Waals surface area contributed by atoms with Gasteiger partial charge in [-0.15, -0.1) is 0 Å². The molecular formula is C20H21FN2O4. The van der Waals surface area contributed by atoms with Crippen LogP contribution >= 0.6 is 0 Å². The maximum Gasteiger partial charge on any atom is 0.326 e. The number of aliphatic carboxylic acids is 1. The average Bonchev–Trinajstić information content (AvgIpc) is 2.66. The highest BCUT2D eigenvalue weighted by Gasteiger charge is 2.20. The summed E-state index contributed by atoms with van der Waals surface area (Å²) < 4.78 is 12.8. The number of amides is 2. The van der Waals surface area contributed by atoms with E-state index in [-0.39, 0.29) is 25.3 Å². The van der Waals surface area contributed by atoms with Crippen molar-refractivity contribution in [2.45, 2.75) is 25.3 Å². The zero-order valence-electron chi connectivity index (χ0n) is 14.7. The van der Waals surface area contributed by atoms with Crippen LogP contribution in [0.5, 0.6) is 0 Å². The summed E-state index contributed by atoms with van der Waals surface area (Å²) in [6.07, 6.45) is 0.641. The highest BCUT2D eigenvalue weighted by Crippen LogP contribution is 2.05. The van der Waals surface area contributed by atoms with E-state index in [1.807, 2.05) is 6.07 Å². The Labute approximate surface area is 156 Å². The van der Waals surface area contributed by atoms with Crippen LogP contribution in [0, 0.1) is 5.82 Å². The van der Waals surface area contributed by atoms with Crippen LogP contribution in [0.3, 0.4) is 0 Å². The molecule has 0 radical (unpaired) electrons. The first-order chi connectivity index (χ1) is 13.0. The third-order valence-electron chi connectivity index (χ3n) is 3.89. The molecule has 0 fully saturated rings. The molecule has 7 heteroatoms. The second-order valence-electron chi connectivity index (χ2n) is 6.01. The summed E-state index contributed by atoms with van der Waals surface area (Å²) in [4.78, 5) is 35.2. The van der Waals surface area contributed by atoms with Gasteiger partial charge in [0.15, 0.2) is 0 Å². The maximum atomic E-state index is 12.8. The van der Waals surface area contributed by atoms with Crippen molar-refractivity contribution in [3.05, 3.63) is 71.5 Å². The molecule has 2 aromatic carbocycles. The van der Waals surface area contributed by atoms with E-state index in [1.165, 1.54) is 24.3 Å². The lowest BCUT2D eigenvalue weighted by molar-refractivity contribution is -0.141. The highest BCUT2D eigenvalue weighted by atomic mass is 19.1. The summed E-state index contributed by atoms with van der Waals surface area (Å²) in [5.74, 6) is -2.28. The summed E-state index contributed by atoms with van der Waals surface area (Å²) in [5.41, 5.74) is 1.14. The van der Waals surface area contributed by atoms with Gasteiger partial charge in [0.25, 0.3) is 5.91 Å². The number of carboxylic acid groups (broad SMARTS) is 1. The lowest BCUT2D eigenvalue weighted by atomic mass is 10.1. The second kappa shape index (κ2) is 10.1. The fraction of sp³-hybridized carbons (Fsp3) is 0.250. The lowest BCUT2D eigenvalue weighted by Crippen LogP contribution is -2.42. The quantitative estimate of drug-likeness (QED) is 0.588. The number of benzene rings is 2. The van der Waals surface area contributed by atoms with Gasteiger partial charge in [0.2, 0.25) is 5.91 Å². The van der Waals surface area contributed by atoms with Crippen molar-refractivity contribution in [1.82, 2.24) is 10.6 Å². The van der Waals surface area contributed by atoms with Crippen molar-refractivity contribution in [3.63, 3.8) is 0 Å². The van der Waals surface area contributed by atoms with Crippen LogP contribution in [0.2, 0.25) is 0 Å². The molecule has 0 aromatic heterocycles. The van der Waals surface area contributed by atoms with E-state index in [2.05, 4.69) is 10.6 Å². The van der Waals surface area contributed by atoms with Crippen molar-refractivity contribution in [2.75, 3.05) is 6.54 Å². The van der Waals surface area contributed by atoms with Crippen molar-refractivity contribution in [1.29, 1.82) is 0 Å². The van der Waals surface area contributed by atoms with Gasteiger partial charge in [-0.2, -0.15) is 0 Å². The molecule has 6 nitrogen and oxygen atoms in total. The van der Waals surface area contributed by atoms with Gasteiger partial charge in [0.1, 0.15) is 11.9 Å². The fourth-order valence-electron chi connectivity index (χ4n) is 2.47. The smallest absolute Gasteiger partial charge is 0.326 e. The third-order valence-corrected chi connectivity index (χ3v) is 3.89. The molecule has 2 amide bonds. The van der Waals surface area contributed by atoms with Gasteiger partial charge in [0, 0.05) is 24.9 Å². The van der Waals surface area contributed by atoms with Gasteiger partial charge in [-0.3, -0.25) is 9.59 Å². The van der Waals surface area contributed by atoms with Crippen molar-refractivity contribution < 1.29 is 23.9 Å². The first kappa shape index (κ1) is 20.1. The van der Waals surface area contributed by atoms with Gasteiger partial charge in [0.05, 0.1) is 0 Å². The predicted molar refractivity (Wildman–Crippen MR) is 97.7 cm³/mol. The van der Waals surface area contributed by atoms with Crippen LogP contribution in [0.15, 0.2) is 54.6 Å². The standard InChI is InChI=1S/C20H21FN2O4/c21-16-10-8-15(9-11-16)19(25)22-12-4-7-18(24)23-17(20(26)27)13-14-5-2-1-3-6-14/h1-3,5-6,8-11,17H,4,7,12-13H2,(H,22,25)(H,23,24)(H,26,27)/t17-/m0/s1. The van der Waals surface area contributed by atoms with E-state index in [0.29, 0.717) is 12.0 Å². The minimum atomic E-state index is -1.10. The van der Waals surface area contributed by atoms with E-state index in [1.54, 1.807) is 24.3 Å². The molecule has 0 unspecified atom stereocenters. The monoisotopic (exact) mass is 372 g/mol. The minimum Gasteiger partial charge on any atom is -0.480 e. The van der Waals surface area contributed by atoms with Crippen molar-refractivity contribution in [2.24, 2.45) is 0 Å². The summed E-state index contributed by atoms with van der Waals surface area (Å²) in [6, 6.07) is 13.2. The molecule has 0 saturated heterocycles. The van der Waals surface area contributed by atoms with Crippen LogP contribution in [-0.4, -0.2) is 35.5 Å². The van der Waals surface area contributed by atoms with Gasteiger partial charge in [-0.1, -0.05) is 30.3 Å². The second-order valence-corrected chi connectivity index (χ2v) is 6.01. The molecule has 2 rings (SSSR count). The Morgan fingerprint density at radius 3 is 2.30 bits per heavy atom. The Kier molecular flexibility index (Phi) is 7.49. The van der Waals surface area contributed by atoms with Gasteiger partial charge in [-0.05, 0) is 36.2 Å². The van der Waals surface area contributed by atoms with Crippen LogP contribution in [0.1, 0.15) is 28.8 Å². The Balaban J connectivity index is 1.73. The van der Waals surface area contributed by atoms with E-state index >= 15 is 0 Å². The number of carbonyl (C=O) groups is 3. The molecule has 0 aliphatic heterocycles. The maximum absolute atomic E-state index is 12.8. The van der Waals surface area contributed by atoms with Crippen LogP contribution in [0.25, 0.3) is 0 Å². The van der Waals surface area contributed by atoms with E-state index < -0.39 is 23.7 Å². The van der Waals surface area contributed by atoms with Gasteiger partial charge in [-0.25, -0.2) is 9.18 Å². The first-order valence-corrected chi connectivity index (χ1v) is 8.55. The number of carbonyl (C=O) groups excluding carboxylic acids is 2. The van der Waals surface area contributed by atoms with E-state index in [4.69, 9.17) is 0 Å². The molecule has 0 aliphatic rings. The molecule has 2 aromatic rings. The molecule has 0 saturated carbocycles. The highest BCUT2D eigenvalue weighted by molar-refractivity contribution is 5.94. The average molecular weight is 372 g/mol. The van der Waals surface area contributed by atoms with Crippen molar-refractivity contribution in [3.8, 4) is 0 Å². The molecule has 0 spiro atoms. The lowest BCUT2D eigenvalue weighted by Gasteiger charge is -2.14. The number of rotatable bonds is 9. The Morgan fingerprint density at radius 2 is 1.67 bits per heavy atom. The Hall–Kier alpha value is -3.22. The normalized spacial score (nSPS) is 11.4. The zero-order chi connectivity index (χ0) is 19.6. The van der Waals surface area contributed by atoms with Crippen molar-refractivity contribution >= 4 is 17.8 Å². The van der Waals surface area contributed by atoms with Crippen LogP contribution < -0.4 is 10.6 Å². The van der Waals surface area contributed by atoms with E-state index in [0.717, 1.165) is 5.56 Å². The summed E-state index contributed by atoms with van der Waals surface area (Å²) in [6.45, 7) is 0.250. The molecule has 0 heterocycles. The summed E-state index contributed by atoms with van der Waals surface area (Å²) in [5, 5.41) is 14.4. The molecule has 142 valence electrons. The first-order valence-electron chi connectivity index (χ1n) is 8.55. The number of nitrogens with one attached hydrogen (secondary N) is 2. The van der Waals surface area contributed by atoms with Crippen LogP contribution in [0.4, 0.5) is 4.39 Å². The minimum absolute atomic E-state index is 0.0856. The number of halogens is 1. The molecule has 0 bridgehead atoms. The van der Waals surface area contributed by atoms with Gasteiger partial charge >= 0.3 is 5.97 Å². The fourth-order valence-corrected chi connectivity index (χ4v) is 2.47. The molecule has 1 atom stereocenters. The van der Waals surface area contributed by atoms with Gasteiger partial charge < -0.3 is 15.7 Å². The summed E-state index contributed by atoms with van der Waals surface area (Å²) in [7, 11) is 0. The van der Waals surface area contributed by atoms with E-state index in [9.17, 15) is 23.9 Å². The number of hydrogen-bond acceptors (Lipinski definition) is 3.